The van der Waals surface area contributed by atoms with Gasteiger partial charge in [-0.15, -0.1) is 0 Å². The molecule has 31 heavy (non-hydrogen) atoms. The number of carbonyl (C=O) groups is 2. The average molecular weight is 415 g/mol. The highest BCUT2D eigenvalue weighted by atomic mass is 16.5. The molecule has 0 saturated heterocycles. The second-order valence-electron chi connectivity index (χ2n) is 6.98. The van der Waals surface area contributed by atoms with Gasteiger partial charge in [0.15, 0.2) is 11.5 Å². The minimum absolute atomic E-state index is 0.212. The van der Waals surface area contributed by atoms with Gasteiger partial charge in [-0.3, -0.25) is 9.59 Å². The van der Waals surface area contributed by atoms with E-state index in [0.29, 0.717) is 28.3 Å². The summed E-state index contributed by atoms with van der Waals surface area (Å²) in [6, 6.07) is 14.1. The van der Waals surface area contributed by atoms with Crippen LogP contribution in [0.15, 0.2) is 71.5 Å². The highest BCUT2D eigenvalue weighted by molar-refractivity contribution is 6.13. The van der Waals surface area contributed by atoms with Gasteiger partial charge >= 0.3 is 0 Å². The van der Waals surface area contributed by atoms with Gasteiger partial charge in [-0.05, 0) is 66.6 Å². The van der Waals surface area contributed by atoms with E-state index in [0.717, 1.165) is 11.1 Å². The summed E-state index contributed by atoms with van der Waals surface area (Å²) in [5, 5.41) is 0. The molecule has 0 atom stereocenters. The van der Waals surface area contributed by atoms with E-state index in [9.17, 15) is 9.59 Å². The molecule has 4 rings (SSSR count). The number of benzene rings is 1. The van der Waals surface area contributed by atoms with E-state index in [1.807, 2.05) is 12.1 Å². The molecule has 0 fully saturated rings. The molecule has 4 aromatic rings. The average Bonchev–Trinajstić information content (AvgIpc) is 3.48. The fourth-order valence-corrected chi connectivity index (χ4v) is 3.53. The van der Waals surface area contributed by atoms with Crippen molar-refractivity contribution in [3.63, 3.8) is 0 Å². The van der Waals surface area contributed by atoms with Crippen molar-refractivity contribution in [2.45, 2.75) is 6.92 Å². The lowest BCUT2D eigenvalue weighted by Crippen LogP contribution is -2.13. The summed E-state index contributed by atoms with van der Waals surface area (Å²) in [5.41, 5.74) is 2.95. The normalized spacial score (nSPS) is 11.2. The Hall–Kier alpha value is -4.06. The predicted molar refractivity (Wildman–Crippen MR) is 117 cm³/mol. The lowest BCUT2D eigenvalue weighted by atomic mass is 9.99. The number of hydrogen-bond acceptors (Lipinski definition) is 5. The molecule has 0 N–H and O–H groups in total. The summed E-state index contributed by atoms with van der Waals surface area (Å²) in [5.74, 6) is 0.991. The Morgan fingerprint density at radius 3 is 2.39 bits per heavy atom. The summed E-state index contributed by atoms with van der Waals surface area (Å²) in [4.78, 5) is 26.1. The van der Waals surface area contributed by atoms with Crippen LogP contribution in [0.4, 0.5) is 0 Å². The van der Waals surface area contributed by atoms with Crippen LogP contribution in [0.2, 0.25) is 0 Å². The molecule has 0 unspecified atom stereocenters. The van der Waals surface area contributed by atoms with Crippen molar-refractivity contribution in [3.8, 4) is 11.5 Å². The maximum atomic E-state index is 13.1. The molecule has 0 saturated carbocycles. The van der Waals surface area contributed by atoms with Crippen LogP contribution in [-0.4, -0.2) is 30.2 Å². The number of pyridine rings is 1. The fraction of sp³-hybridized carbons (Fsp3) is 0.120. The molecule has 0 radical (unpaired) electrons. The molecule has 0 amide bonds. The van der Waals surface area contributed by atoms with E-state index in [-0.39, 0.29) is 17.3 Å². The quantitative estimate of drug-likeness (QED) is 0.314. The van der Waals surface area contributed by atoms with Crippen molar-refractivity contribution < 1.29 is 23.5 Å². The molecule has 0 aliphatic heterocycles. The van der Waals surface area contributed by atoms with Crippen LogP contribution >= 0.6 is 0 Å². The molecule has 3 heterocycles. The second kappa shape index (κ2) is 8.36. The molecular formula is C25H21NO5. The molecule has 156 valence electrons. The van der Waals surface area contributed by atoms with E-state index < -0.39 is 0 Å². The van der Waals surface area contributed by atoms with Gasteiger partial charge in [0.25, 0.3) is 0 Å². The summed E-state index contributed by atoms with van der Waals surface area (Å²) in [6.07, 6.45) is 6.43. The number of rotatable bonds is 7. The number of aromatic nitrogens is 1. The second-order valence-corrected chi connectivity index (χ2v) is 6.98. The van der Waals surface area contributed by atoms with Gasteiger partial charge in [0.1, 0.15) is 17.2 Å². The summed E-state index contributed by atoms with van der Waals surface area (Å²) in [6.45, 7) is 1.77. The van der Waals surface area contributed by atoms with Gasteiger partial charge in [-0.25, -0.2) is 0 Å². The number of allylic oxidation sites excluding steroid dienone is 1. The number of nitrogens with zero attached hydrogens (tertiary/aromatic N) is 1. The molecule has 1 aromatic carbocycles. The molecular weight excluding hydrogens is 394 g/mol. The zero-order valence-electron chi connectivity index (χ0n) is 17.4. The molecule has 6 nitrogen and oxygen atoms in total. The van der Waals surface area contributed by atoms with Crippen molar-refractivity contribution in [1.29, 1.82) is 0 Å². The third-order valence-electron chi connectivity index (χ3n) is 5.10. The lowest BCUT2D eigenvalue weighted by molar-refractivity contribution is 0.100. The SMILES string of the molecule is COc1cc(/C=C/C(=O)c2cc3cccn3c(C(=O)c3ccco3)c2C)cc(OC)c1. The Bertz CT molecular complexity index is 1270. The third kappa shape index (κ3) is 3.88. The number of carbonyl (C=O) groups excluding carboxylic acids is 2. The summed E-state index contributed by atoms with van der Waals surface area (Å²) in [7, 11) is 3.14. The van der Waals surface area contributed by atoms with Gasteiger partial charge in [-0.2, -0.15) is 0 Å². The standard InChI is InChI=1S/C25H21NO5/c1-16-21(22(27)9-8-17-12-19(29-2)15-20(13-17)30-3)14-18-6-4-10-26(18)24(16)25(28)23-7-5-11-31-23/h4-15H,1-3H3/b9-8+. The summed E-state index contributed by atoms with van der Waals surface area (Å²) < 4.78 is 17.6. The van der Waals surface area contributed by atoms with Crippen LogP contribution in [0, 0.1) is 6.92 Å². The molecule has 0 bridgehead atoms. The van der Waals surface area contributed by atoms with E-state index in [2.05, 4.69) is 0 Å². The lowest BCUT2D eigenvalue weighted by Gasteiger charge is -2.12. The maximum absolute atomic E-state index is 13.1. The van der Waals surface area contributed by atoms with Gasteiger partial charge in [-0.1, -0.05) is 6.08 Å². The zero-order chi connectivity index (χ0) is 22.0. The number of ether oxygens (including phenoxy) is 2. The molecule has 0 aliphatic carbocycles. The minimum Gasteiger partial charge on any atom is -0.497 e. The Balaban J connectivity index is 1.75. The Kier molecular flexibility index (Phi) is 5.45. The molecule has 0 aliphatic rings. The van der Waals surface area contributed by atoms with Crippen molar-refractivity contribution in [3.05, 3.63) is 95.2 Å². The van der Waals surface area contributed by atoms with Crippen LogP contribution in [0.5, 0.6) is 11.5 Å². The monoisotopic (exact) mass is 415 g/mol. The molecule has 6 heteroatoms. The molecule has 3 aromatic heterocycles. The van der Waals surface area contributed by atoms with Crippen molar-refractivity contribution in [2.24, 2.45) is 0 Å². The topological polar surface area (TPSA) is 70.2 Å². The number of methoxy groups -OCH3 is 2. The van der Waals surface area contributed by atoms with Crippen molar-refractivity contribution in [1.82, 2.24) is 4.40 Å². The van der Waals surface area contributed by atoms with Crippen LogP contribution in [0.25, 0.3) is 11.6 Å². The largest absolute Gasteiger partial charge is 0.497 e. The summed E-state index contributed by atoms with van der Waals surface area (Å²) >= 11 is 0. The van der Waals surface area contributed by atoms with E-state index in [1.165, 1.54) is 12.3 Å². The highest BCUT2D eigenvalue weighted by Crippen LogP contribution is 2.25. The fourth-order valence-electron chi connectivity index (χ4n) is 3.53. The first-order chi connectivity index (χ1) is 15.0. The van der Waals surface area contributed by atoms with Gasteiger partial charge < -0.3 is 18.3 Å². The van der Waals surface area contributed by atoms with Gasteiger partial charge in [0, 0.05) is 23.3 Å². The van der Waals surface area contributed by atoms with Crippen LogP contribution < -0.4 is 9.47 Å². The first kappa shape index (κ1) is 20.2. The van der Waals surface area contributed by atoms with Crippen molar-refractivity contribution >= 4 is 23.2 Å². The Morgan fingerprint density at radius 2 is 1.74 bits per heavy atom. The van der Waals surface area contributed by atoms with Crippen LogP contribution in [-0.2, 0) is 0 Å². The van der Waals surface area contributed by atoms with E-state index in [1.54, 1.807) is 74.2 Å². The van der Waals surface area contributed by atoms with Crippen LogP contribution in [0.3, 0.4) is 0 Å². The van der Waals surface area contributed by atoms with Gasteiger partial charge in [0.2, 0.25) is 5.78 Å². The minimum atomic E-state index is -0.278. The number of ketones is 2. The third-order valence-corrected chi connectivity index (χ3v) is 5.10. The molecule has 0 spiro atoms. The highest BCUT2D eigenvalue weighted by Gasteiger charge is 2.22. The number of fused-ring (bicyclic) bond motifs is 1. The van der Waals surface area contributed by atoms with Crippen LogP contribution in [0.1, 0.15) is 37.7 Å². The van der Waals surface area contributed by atoms with E-state index >= 15 is 0 Å². The smallest absolute Gasteiger partial charge is 0.245 e. The first-order valence-corrected chi connectivity index (χ1v) is 9.66. The number of furan rings is 1. The van der Waals surface area contributed by atoms with Crippen molar-refractivity contribution in [2.75, 3.05) is 14.2 Å². The number of hydrogen-bond donors (Lipinski definition) is 0. The van der Waals surface area contributed by atoms with Gasteiger partial charge in [0.05, 0.1) is 20.5 Å². The Morgan fingerprint density at radius 1 is 1.00 bits per heavy atom. The zero-order valence-corrected chi connectivity index (χ0v) is 17.4. The Labute approximate surface area is 179 Å². The first-order valence-electron chi connectivity index (χ1n) is 9.66. The van der Waals surface area contributed by atoms with E-state index in [4.69, 9.17) is 13.9 Å². The maximum Gasteiger partial charge on any atom is 0.245 e. The predicted octanol–water partition coefficient (Wildman–Crippen LogP) is 4.99.